The number of hydrogen-bond donors (Lipinski definition) is 0. The summed E-state index contributed by atoms with van der Waals surface area (Å²) >= 11 is 0. The standard InChI is InChI=1S/C32H40N2O5S/c1-22(2)27-21-34-16-8-7-11-28(34)32(27)40(36,37)30-13-12-26(35)20-25(30)10-9-15-33(4)17-14-24-18-23(3)31(39-6)29(19-24)38-5/h7-8,11,13,16,18-22H,9-10,12,14-15,17H2,1-6H3. The molecular weight excluding hydrogens is 524 g/mol. The molecular formula is C32H40N2O5S. The maximum atomic E-state index is 14.1. The molecule has 40 heavy (non-hydrogen) atoms. The molecule has 0 bridgehead atoms. The summed E-state index contributed by atoms with van der Waals surface area (Å²) in [6.07, 6.45) is 9.11. The van der Waals surface area contributed by atoms with Crippen LogP contribution in [0.3, 0.4) is 0 Å². The summed E-state index contributed by atoms with van der Waals surface area (Å²) in [6.45, 7) is 7.62. The van der Waals surface area contributed by atoms with Crippen molar-refractivity contribution in [2.45, 2.75) is 57.3 Å². The minimum Gasteiger partial charge on any atom is -0.493 e. The minimum absolute atomic E-state index is 0.0334. The quantitative estimate of drug-likeness (QED) is 0.273. The Balaban J connectivity index is 1.46. The van der Waals surface area contributed by atoms with Gasteiger partial charge in [0.2, 0.25) is 9.84 Å². The van der Waals surface area contributed by atoms with Gasteiger partial charge >= 0.3 is 0 Å². The number of ketones is 1. The van der Waals surface area contributed by atoms with E-state index in [4.69, 9.17) is 9.47 Å². The van der Waals surface area contributed by atoms with Crippen molar-refractivity contribution < 1.29 is 22.7 Å². The van der Waals surface area contributed by atoms with Crippen molar-refractivity contribution in [1.82, 2.24) is 9.30 Å². The van der Waals surface area contributed by atoms with Gasteiger partial charge < -0.3 is 18.8 Å². The van der Waals surface area contributed by atoms with E-state index in [1.807, 2.05) is 61.8 Å². The fourth-order valence-corrected chi connectivity index (χ4v) is 7.48. The van der Waals surface area contributed by atoms with Gasteiger partial charge in [0.15, 0.2) is 17.3 Å². The number of aromatic nitrogens is 1. The summed E-state index contributed by atoms with van der Waals surface area (Å²) in [7, 11) is 1.52. The normalized spacial score (nSPS) is 14.2. The van der Waals surface area contributed by atoms with Crippen molar-refractivity contribution in [3.63, 3.8) is 0 Å². The zero-order valence-electron chi connectivity index (χ0n) is 24.4. The molecule has 0 radical (unpaired) electrons. The number of rotatable bonds is 12. The number of benzene rings is 1. The van der Waals surface area contributed by atoms with Gasteiger partial charge in [0, 0.05) is 25.4 Å². The Labute approximate surface area is 238 Å². The molecule has 0 saturated heterocycles. The number of aryl methyl sites for hydroxylation is 1. The fraction of sp³-hybridized carbons (Fsp3) is 0.406. The molecule has 0 aliphatic heterocycles. The van der Waals surface area contributed by atoms with E-state index >= 15 is 0 Å². The predicted molar refractivity (Wildman–Crippen MR) is 159 cm³/mol. The largest absolute Gasteiger partial charge is 0.493 e. The number of ether oxygens (including phenoxy) is 2. The molecule has 0 N–H and O–H groups in total. The number of pyridine rings is 1. The molecule has 1 aliphatic rings. The van der Waals surface area contributed by atoms with Gasteiger partial charge in [-0.05, 0) is 92.2 Å². The first-order valence-corrected chi connectivity index (χ1v) is 15.2. The lowest BCUT2D eigenvalue weighted by Gasteiger charge is -2.20. The lowest BCUT2D eigenvalue weighted by atomic mass is 10.0. The van der Waals surface area contributed by atoms with Crippen LogP contribution in [-0.2, 0) is 21.1 Å². The molecule has 3 aromatic rings. The molecule has 4 rings (SSSR count). The van der Waals surface area contributed by atoms with Crippen molar-refractivity contribution >= 4 is 21.1 Å². The zero-order chi connectivity index (χ0) is 29.0. The molecule has 2 aromatic heterocycles. The SMILES string of the molecule is COc1cc(CCN(C)CCCC2=CC(=O)CC=C2S(=O)(=O)c2c(C(C)C)cn3ccccc23)cc(C)c1OC. The van der Waals surface area contributed by atoms with E-state index in [1.54, 1.807) is 20.3 Å². The van der Waals surface area contributed by atoms with Crippen molar-refractivity contribution in [2.75, 3.05) is 34.4 Å². The summed E-state index contributed by atoms with van der Waals surface area (Å²) in [5, 5.41) is 0. The first kappa shape index (κ1) is 29.6. The number of methoxy groups -OCH3 is 2. The maximum Gasteiger partial charge on any atom is 0.208 e. The minimum atomic E-state index is -3.82. The topological polar surface area (TPSA) is 77.3 Å². The Bertz CT molecular complexity index is 1560. The van der Waals surface area contributed by atoms with Crippen LogP contribution in [0.4, 0.5) is 0 Å². The fourth-order valence-electron chi connectivity index (χ4n) is 5.40. The van der Waals surface area contributed by atoms with Crippen LogP contribution in [0.5, 0.6) is 11.5 Å². The van der Waals surface area contributed by atoms with Crippen LogP contribution in [0.15, 0.2) is 70.3 Å². The van der Waals surface area contributed by atoms with Crippen LogP contribution in [0, 0.1) is 6.92 Å². The Morgan fingerprint density at radius 2 is 1.85 bits per heavy atom. The maximum absolute atomic E-state index is 14.1. The highest BCUT2D eigenvalue weighted by atomic mass is 32.2. The molecule has 8 heteroatoms. The second kappa shape index (κ2) is 12.4. The monoisotopic (exact) mass is 564 g/mol. The van der Waals surface area contributed by atoms with Crippen LogP contribution < -0.4 is 9.47 Å². The van der Waals surface area contributed by atoms with Crippen LogP contribution in [0.25, 0.3) is 5.52 Å². The van der Waals surface area contributed by atoms with Crippen LogP contribution in [-0.4, -0.2) is 57.9 Å². The summed E-state index contributed by atoms with van der Waals surface area (Å²) in [6, 6.07) is 9.71. The molecule has 0 unspecified atom stereocenters. The number of likely N-dealkylation sites (N-methyl/N-ethyl adjacent to an activating group) is 1. The molecule has 0 saturated carbocycles. The first-order valence-electron chi connectivity index (χ1n) is 13.8. The molecule has 0 atom stereocenters. The average molecular weight is 565 g/mol. The summed E-state index contributed by atoms with van der Waals surface area (Å²) in [5.41, 5.74) is 4.25. The second-order valence-corrected chi connectivity index (χ2v) is 12.6. The Hall–Kier alpha value is -3.36. The van der Waals surface area contributed by atoms with Gasteiger partial charge in [-0.2, -0.15) is 0 Å². The highest BCUT2D eigenvalue weighted by molar-refractivity contribution is 7.95. The lowest BCUT2D eigenvalue weighted by Crippen LogP contribution is -2.23. The predicted octanol–water partition coefficient (Wildman–Crippen LogP) is 5.90. The van der Waals surface area contributed by atoms with E-state index in [-0.39, 0.29) is 23.0 Å². The van der Waals surface area contributed by atoms with Gasteiger partial charge in [-0.25, -0.2) is 8.42 Å². The summed E-state index contributed by atoms with van der Waals surface area (Å²) < 4.78 is 41.0. The van der Waals surface area contributed by atoms with E-state index in [0.717, 1.165) is 48.6 Å². The molecule has 0 fully saturated rings. The number of carbonyl (C=O) groups is 1. The molecule has 0 amide bonds. The lowest BCUT2D eigenvalue weighted by molar-refractivity contribution is -0.114. The van der Waals surface area contributed by atoms with Gasteiger partial charge in [0.05, 0.1) is 24.6 Å². The van der Waals surface area contributed by atoms with Gasteiger partial charge in [0.25, 0.3) is 0 Å². The Morgan fingerprint density at radius 1 is 1.07 bits per heavy atom. The highest BCUT2D eigenvalue weighted by Crippen LogP contribution is 2.38. The van der Waals surface area contributed by atoms with Crippen molar-refractivity contribution in [3.8, 4) is 11.5 Å². The molecule has 2 heterocycles. The van der Waals surface area contributed by atoms with Crippen molar-refractivity contribution in [1.29, 1.82) is 0 Å². The van der Waals surface area contributed by atoms with E-state index in [2.05, 4.69) is 18.0 Å². The smallest absolute Gasteiger partial charge is 0.208 e. The number of allylic oxidation sites excluding steroid dienone is 3. The number of hydrogen-bond acceptors (Lipinski definition) is 6. The summed E-state index contributed by atoms with van der Waals surface area (Å²) in [4.78, 5) is 15.2. The number of sulfone groups is 1. The number of nitrogens with zero attached hydrogens (tertiary/aromatic N) is 2. The average Bonchev–Trinajstić information content (AvgIpc) is 3.32. The highest BCUT2D eigenvalue weighted by Gasteiger charge is 2.32. The molecule has 1 aromatic carbocycles. The molecule has 0 spiro atoms. The van der Waals surface area contributed by atoms with Gasteiger partial charge in [-0.3, -0.25) is 4.79 Å². The number of carbonyl (C=O) groups excluding carboxylic acids is 1. The van der Waals surface area contributed by atoms with Crippen LogP contribution in [0.2, 0.25) is 0 Å². The van der Waals surface area contributed by atoms with Crippen LogP contribution in [0.1, 0.15) is 55.7 Å². The van der Waals surface area contributed by atoms with Crippen LogP contribution >= 0.6 is 0 Å². The van der Waals surface area contributed by atoms with Gasteiger partial charge in [0.1, 0.15) is 4.90 Å². The third-order valence-corrected chi connectivity index (χ3v) is 9.47. The number of fused-ring (bicyclic) bond motifs is 1. The van der Waals surface area contributed by atoms with Crippen molar-refractivity contribution in [3.05, 3.63) is 82.0 Å². The molecule has 1 aliphatic carbocycles. The molecule has 214 valence electrons. The third kappa shape index (κ3) is 6.18. The molecule has 7 nitrogen and oxygen atoms in total. The van der Waals surface area contributed by atoms with E-state index in [9.17, 15) is 13.2 Å². The van der Waals surface area contributed by atoms with E-state index in [1.165, 1.54) is 11.6 Å². The van der Waals surface area contributed by atoms with E-state index < -0.39 is 9.84 Å². The van der Waals surface area contributed by atoms with Crippen molar-refractivity contribution in [2.24, 2.45) is 0 Å². The van der Waals surface area contributed by atoms with Gasteiger partial charge in [-0.15, -0.1) is 0 Å². The third-order valence-electron chi connectivity index (χ3n) is 7.48. The first-order chi connectivity index (χ1) is 19.1. The Morgan fingerprint density at radius 3 is 2.55 bits per heavy atom. The zero-order valence-corrected chi connectivity index (χ0v) is 25.2. The second-order valence-electron chi connectivity index (χ2n) is 10.8. The summed E-state index contributed by atoms with van der Waals surface area (Å²) in [5.74, 6) is 1.46. The van der Waals surface area contributed by atoms with Gasteiger partial charge in [-0.1, -0.05) is 32.1 Å². The Kier molecular flexibility index (Phi) is 9.21. The van der Waals surface area contributed by atoms with E-state index in [0.29, 0.717) is 22.4 Å².